The van der Waals surface area contributed by atoms with Gasteiger partial charge in [-0.15, -0.1) is 0 Å². The fourth-order valence-corrected chi connectivity index (χ4v) is 3.43. The van der Waals surface area contributed by atoms with E-state index in [4.69, 9.17) is 0 Å². The van der Waals surface area contributed by atoms with Gasteiger partial charge >= 0.3 is 0 Å². The fourth-order valence-electron chi connectivity index (χ4n) is 2.40. The molecule has 0 bridgehead atoms. The van der Waals surface area contributed by atoms with Gasteiger partial charge in [0.05, 0.1) is 16.8 Å². The van der Waals surface area contributed by atoms with Crippen molar-refractivity contribution in [1.82, 2.24) is 4.98 Å². The lowest BCUT2D eigenvalue weighted by Crippen LogP contribution is -2.14. The predicted molar refractivity (Wildman–Crippen MR) is 100 cm³/mol. The molecule has 0 aliphatic rings. The van der Waals surface area contributed by atoms with Crippen LogP contribution in [0.15, 0.2) is 77.8 Å². The van der Waals surface area contributed by atoms with E-state index in [0.29, 0.717) is 18.5 Å². The minimum atomic E-state index is -3.66. The molecule has 0 amide bonds. The van der Waals surface area contributed by atoms with Gasteiger partial charge in [-0.25, -0.2) is 17.8 Å². The Balaban J connectivity index is 1.58. The Labute approximate surface area is 152 Å². The molecular weight excluding hydrogens is 353 g/mol. The molecule has 0 unspecified atom stereocenters. The average Bonchev–Trinajstić information content (AvgIpc) is 2.65. The first kappa shape index (κ1) is 17.9. The second kappa shape index (κ2) is 7.97. The van der Waals surface area contributed by atoms with E-state index in [-0.39, 0.29) is 16.5 Å². The molecule has 0 radical (unpaired) electrons. The van der Waals surface area contributed by atoms with Crippen molar-refractivity contribution in [2.45, 2.75) is 11.3 Å². The number of nitrogens with one attached hydrogen (secondary N) is 2. The first-order chi connectivity index (χ1) is 12.5. The summed E-state index contributed by atoms with van der Waals surface area (Å²) in [5.74, 6) is 0.00611. The summed E-state index contributed by atoms with van der Waals surface area (Å²) in [6.45, 7) is 0.539. The largest absolute Gasteiger partial charge is 0.383 e. The van der Waals surface area contributed by atoms with Crippen molar-refractivity contribution < 1.29 is 12.8 Å². The number of halogens is 1. The number of sulfonamides is 1. The van der Waals surface area contributed by atoms with Crippen LogP contribution in [0, 0.1) is 5.82 Å². The van der Waals surface area contributed by atoms with E-state index in [1.54, 1.807) is 48.5 Å². The van der Waals surface area contributed by atoms with Gasteiger partial charge in [0, 0.05) is 6.54 Å². The number of aromatic nitrogens is 1. The first-order valence-corrected chi connectivity index (χ1v) is 9.54. The van der Waals surface area contributed by atoms with E-state index >= 15 is 0 Å². The van der Waals surface area contributed by atoms with E-state index < -0.39 is 10.0 Å². The van der Waals surface area contributed by atoms with Crippen molar-refractivity contribution in [1.29, 1.82) is 0 Å². The second-order valence-corrected chi connectivity index (χ2v) is 7.30. The summed E-state index contributed by atoms with van der Waals surface area (Å²) in [5, 5.41) is 3.14. The number of nitrogens with zero attached hydrogens (tertiary/aromatic N) is 1. The summed E-state index contributed by atoms with van der Waals surface area (Å²) in [6.07, 6.45) is 2.07. The Kier molecular flexibility index (Phi) is 5.48. The Morgan fingerprint density at radius 1 is 0.923 bits per heavy atom. The number of rotatable bonds is 7. The van der Waals surface area contributed by atoms with Crippen molar-refractivity contribution in [2.75, 3.05) is 16.6 Å². The van der Waals surface area contributed by atoms with Crippen molar-refractivity contribution in [3.8, 4) is 0 Å². The standard InChI is InChI=1S/C19H18FN3O2S/c20-18-9-5-4-6-15(18)12-13-21-16-10-11-19(22-14-16)23-26(24,25)17-7-2-1-3-8-17/h1-11,14,21H,12-13H2,(H,22,23). The van der Waals surface area contributed by atoms with Crippen molar-refractivity contribution in [2.24, 2.45) is 0 Å². The fraction of sp³-hybridized carbons (Fsp3) is 0.105. The minimum Gasteiger partial charge on any atom is -0.383 e. The highest BCUT2D eigenvalue weighted by molar-refractivity contribution is 7.92. The number of benzene rings is 2. The van der Waals surface area contributed by atoms with Crippen LogP contribution >= 0.6 is 0 Å². The van der Waals surface area contributed by atoms with E-state index in [1.807, 2.05) is 0 Å². The smallest absolute Gasteiger partial charge is 0.263 e. The van der Waals surface area contributed by atoms with Crippen LogP contribution in [0.25, 0.3) is 0 Å². The zero-order chi connectivity index (χ0) is 18.4. The SMILES string of the molecule is O=S(=O)(Nc1ccc(NCCc2ccccc2F)cn1)c1ccccc1. The Hall–Kier alpha value is -2.93. The number of hydrogen-bond donors (Lipinski definition) is 2. The van der Waals surface area contributed by atoms with Crippen LogP contribution in [0.2, 0.25) is 0 Å². The van der Waals surface area contributed by atoms with Crippen LogP contribution in [0.3, 0.4) is 0 Å². The molecule has 0 atom stereocenters. The van der Waals surface area contributed by atoms with Crippen molar-refractivity contribution in [3.63, 3.8) is 0 Å². The summed E-state index contributed by atoms with van der Waals surface area (Å²) in [6, 6.07) is 18.0. The topological polar surface area (TPSA) is 71.1 Å². The molecule has 2 N–H and O–H groups in total. The molecule has 0 spiro atoms. The quantitative estimate of drug-likeness (QED) is 0.665. The zero-order valence-electron chi connectivity index (χ0n) is 13.9. The highest BCUT2D eigenvalue weighted by Crippen LogP contribution is 2.16. The molecule has 3 rings (SSSR count). The van der Waals surface area contributed by atoms with Gasteiger partial charge in [0.15, 0.2) is 0 Å². The molecule has 134 valence electrons. The highest BCUT2D eigenvalue weighted by atomic mass is 32.2. The molecule has 3 aromatic rings. The summed E-state index contributed by atoms with van der Waals surface area (Å²) < 4.78 is 40.5. The third-order valence-corrected chi connectivity index (χ3v) is 5.11. The molecule has 5 nitrogen and oxygen atoms in total. The van der Waals surface area contributed by atoms with Gasteiger partial charge < -0.3 is 5.32 Å². The van der Waals surface area contributed by atoms with E-state index in [1.165, 1.54) is 24.4 Å². The Morgan fingerprint density at radius 3 is 2.35 bits per heavy atom. The number of anilines is 2. The first-order valence-electron chi connectivity index (χ1n) is 8.06. The molecule has 2 aromatic carbocycles. The van der Waals surface area contributed by atoms with Gasteiger partial charge in [-0.05, 0) is 42.3 Å². The van der Waals surface area contributed by atoms with Crippen molar-refractivity contribution in [3.05, 3.63) is 84.3 Å². The van der Waals surface area contributed by atoms with Gasteiger partial charge in [-0.3, -0.25) is 4.72 Å². The normalized spacial score (nSPS) is 11.1. The average molecular weight is 371 g/mol. The maximum absolute atomic E-state index is 13.6. The molecule has 0 aliphatic heterocycles. The monoisotopic (exact) mass is 371 g/mol. The van der Waals surface area contributed by atoms with Crippen LogP contribution < -0.4 is 10.0 Å². The lowest BCUT2D eigenvalue weighted by atomic mass is 10.1. The molecule has 1 aromatic heterocycles. The van der Waals surface area contributed by atoms with Crippen LogP contribution in [0.4, 0.5) is 15.9 Å². The second-order valence-electron chi connectivity index (χ2n) is 5.62. The summed E-state index contributed by atoms with van der Waals surface area (Å²) >= 11 is 0. The molecule has 0 aliphatic carbocycles. The van der Waals surface area contributed by atoms with Gasteiger partial charge in [-0.2, -0.15) is 0 Å². The molecule has 0 saturated heterocycles. The van der Waals surface area contributed by atoms with Crippen LogP contribution in [-0.4, -0.2) is 19.9 Å². The lowest BCUT2D eigenvalue weighted by molar-refractivity contribution is 0.601. The maximum Gasteiger partial charge on any atom is 0.263 e. The van der Waals surface area contributed by atoms with Crippen LogP contribution in [0.5, 0.6) is 0 Å². The van der Waals surface area contributed by atoms with Gasteiger partial charge in [-0.1, -0.05) is 36.4 Å². The summed E-state index contributed by atoms with van der Waals surface area (Å²) in [7, 11) is -3.66. The molecule has 1 heterocycles. The number of pyridine rings is 1. The summed E-state index contributed by atoms with van der Waals surface area (Å²) in [5.41, 5.74) is 1.36. The zero-order valence-corrected chi connectivity index (χ0v) is 14.7. The predicted octanol–water partition coefficient (Wildman–Crippen LogP) is 3.68. The van der Waals surface area contributed by atoms with E-state index in [0.717, 1.165) is 5.69 Å². The van der Waals surface area contributed by atoms with Crippen LogP contribution in [0.1, 0.15) is 5.56 Å². The van der Waals surface area contributed by atoms with Crippen LogP contribution in [-0.2, 0) is 16.4 Å². The third-order valence-electron chi connectivity index (χ3n) is 3.74. The van der Waals surface area contributed by atoms with Gasteiger partial charge in [0.25, 0.3) is 10.0 Å². The highest BCUT2D eigenvalue weighted by Gasteiger charge is 2.13. The van der Waals surface area contributed by atoms with E-state index in [9.17, 15) is 12.8 Å². The minimum absolute atomic E-state index is 0.175. The molecule has 26 heavy (non-hydrogen) atoms. The van der Waals surface area contributed by atoms with Gasteiger partial charge in [0.1, 0.15) is 11.6 Å². The third kappa shape index (κ3) is 4.58. The number of hydrogen-bond acceptors (Lipinski definition) is 4. The Bertz CT molecular complexity index is 962. The molecular formula is C19H18FN3O2S. The van der Waals surface area contributed by atoms with Crippen molar-refractivity contribution >= 4 is 21.5 Å². The summed E-state index contributed by atoms with van der Waals surface area (Å²) in [4.78, 5) is 4.28. The maximum atomic E-state index is 13.6. The Morgan fingerprint density at radius 2 is 1.65 bits per heavy atom. The lowest BCUT2D eigenvalue weighted by Gasteiger charge is -2.09. The molecule has 0 saturated carbocycles. The molecule has 7 heteroatoms. The molecule has 0 fully saturated rings. The van der Waals surface area contributed by atoms with E-state index in [2.05, 4.69) is 15.0 Å². The van der Waals surface area contributed by atoms with Gasteiger partial charge in [0.2, 0.25) is 0 Å².